The molecule has 5 nitrogen and oxygen atoms in total. The van der Waals surface area contributed by atoms with Crippen LogP contribution in [0.15, 0.2) is 36.5 Å². The van der Waals surface area contributed by atoms with Crippen molar-refractivity contribution in [2.75, 3.05) is 10.6 Å². The Kier molecular flexibility index (Phi) is 3.89. The van der Waals surface area contributed by atoms with Gasteiger partial charge in [0.25, 0.3) is 5.91 Å². The lowest BCUT2D eigenvalue weighted by Gasteiger charge is -2.10. The Balaban J connectivity index is 1.73. The van der Waals surface area contributed by atoms with Gasteiger partial charge in [-0.1, -0.05) is 6.07 Å². The van der Waals surface area contributed by atoms with Gasteiger partial charge in [0, 0.05) is 17.9 Å². The number of aromatic nitrogens is 2. The average molecular weight is 322 g/mol. The fourth-order valence-electron chi connectivity index (χ4n) is 1.93. The molecule has 0 bridgehead atoms. The summed E-state index contributed by atoms with van der Waals surface area (Å²) in [5.74, 6) is -0.255. The topological polar surface area (TPSA) is 66.9 Å². The number of nitrogens with one attached hydrogen (secondary N) is 2. The van der Waals surface area contributed by atoms with Gasteiger partial charge < -0.3 is 10.6 Å². The third kappa shape index (κ3) is 3.97. The summed E-state index contributed by atoms with van der Waals surface area (Å²) in [6, 6.07) is 6.18. The summed E-state index contributed by atoms with van der Waals surface area (Å²) in [5, 5.41) is 5.46. The van der Waals surface area contributed by atoms with Gasteiger partial charge in [-0.3, -0.25) is 4.79 Å². The van der Waals surface area contributed by atoms with E-state index in [1.54, 1.807) is 0 Å². The largest absolute Gasteiger partial charge is 0.416 e. The number of hydrogen-bond donors (Lipinski definition) is 2. The minimum atomic E-state index is -4.46. The van der Waals surface area contributed by atoms with Crippen LogP contribution in [0, 0.1) is 0 Å². The molecule has 23 heavy (non-hydrogen) atoms. The first-order valence-electron chi connectivity index (χ1n) is 7.00. The summed E-state index contributed by atoms with van der Waals surface area (Å²) in [6.07, 6.45) is -0.968. The molecule has 1 aromatic carbocycles. The molecule has 1 aliphatic carbocycles. The number of halogens is 3. The van der Waals surface area contributed by atoms with Gasteiger partial charge in [0.1, 0.15) is 5.69 Å². The van der Waals surface area contributed by atoms with Crippen LogP contribution < -0.4 is 10.6 Å². The molecule has 0 aliphatic heterocycles. The van der Waals surface area contributed by atoms with Gasteiger partial charge in [-0.25, -0.2) is 9.97 Å². The fourth-order valence-corrected chi connectivity index (χ4v) is 1.93. The molecule has 0 spiro atoms. The number of nitrogens with zero attached hydrogens (tertiary/aromatic N) is 2. The van der Waals surface area contributed by atoms with Crippen LogP contribution in [0.2, 0.25) is 0 Å². The molecule has 3 rings (SSSR count). The minimum absolute atomic E-state index is 0.0557. The zero-order chi connectivity index (χ0) is 16.4. The number of hydrogen-bond acceptors (Lipinski definition) is 4. The second kappa shape index (κ2) is 5.86. The van der Waals surface area contributed by atoms with E-state index in [1.807, 2.05) is 0 Å². The molecule has 1 amide bonds. The van der Waals surface area contributed by atoms with E-state index in [1.165, 1.54) is 24.4 Å². The second-order valence-corrected chi connectivity index (χ2v) is 5.22. The number of amides is 1. The van der Waals surface area contributed by atoms with Gasteiger partial charge in [0.05, 0.1) is 5.56 Å². The Hall–Kier alpha value is -2.64. The van der Waals surface area contributed by atoms with Gasteiger partial charge in [0.2, 0.25) is 5.95 Å². The molecule has 1 aliphatic rings. The van der Waals surface area contributed by atoms with E-state index in [0.29, 0.717) is 12.0 Å². The van der Waals surface area contributed by atoms with Crippen molar-refractivity contribution in [1.29, 1.82) is 0 Å². The van der Waals surface area contributed by atoms with Crippen LogP contribution in [-0.4, -0.2) is 21.9 Å². The van der Waals surface area contributed by atoms with E-state index in [0.717, 1.165) is 25.0 Å². The molecule has 0 radical (unpaired) electrons. The normalized spacial score (nSPS) is 14.4. The van der Waals surface area contributed by atoms with Crippen LogP contribution in [0.25, 0.3) is 0 Å². The first-order valence-corrected chi connectivity index (χ1v) is 7.00. The molecule has 120 valence electrons. The van der Waals surface area contributed by atoms with E-state index < -0.39 is 17.6 Å². The lowest BCUT2D eigenvalue weighted by atomic mass is 10.2. The predicted octanol–water partition coefficient (Wildman–Crippen LogP) is 3.32. The highest BCUT2D eigenvalue weighted by atomic mass is 19.4. The maximum absolute atomic E-state index is 12.7. The van der Waals surface area contributed by atoms with Crippen LogP contribution >= 0.6 is 0 Å². The van der Waals surface area contributed by atoms with Gasteiger partial charge in [-0.05, 0) is 37.1 Å². The quantitative estimate of drug-likeness (QED) is 0.906. The summed E-state index contributed by atoms with van der Waals surface area (Å²) < 4.78 is 38.0. The third-order valence-corrected chi connectivity index (χ3v) is 3.25. The first kappa shape index (κ1) is 15.3. The van der Waals surface area contributed by atoms with Crippen molar-refractivity contribution in [2.45, 2.75) is 25.1 Å². The molecular weight excluding hydrogens is 309 g/mol. The number of benzene rings is 1. The summed E-state index contributed by atoms with van der Waals surface area (Å²) in [4.78, 5) is 20.2. The SMILES string of the molecule is O=C(Nc1cccc(C(F)(F)F)c1)c1ccnc(NC2CC2)n1. The Morgan fingerprint density at radius 1 is 1.22 bits per heavy atom. The third-order valence-electron chi connectivity index (χ3n) is 3.25. The van der Waals surface area contributed by atoms with E-state index in [9.17, 15) is 18.0 Å². The highest BCUT2D eigenvalue weighted by Gasteiger charge is 2.30. The van der Waals surface area contributed by atoms with Crippen molar-refractivity contribution < 1.29 is 18.0 Å². The smallest absolute Gasteiger partial charge is 0.351 e. The molecule has 1 aromatic heterocycles. The maximum atomic E-state index is 12.7. The zero-order valence-electron chi connectivity index (χ0n) is 11.9. The molecule has 8 heteroatoms. The monoisotopic (exact) mass is 322 g/mol. The molecule has 2 aromatic rings. The van der Waals surface area contributed by atoms with Crippen molar-refractivity contribution in [3.05, 3.63) is 47.8 Å². The van der Waals surface area contributed by atoms with E-state index in [-0.39, 0.29) is 11.4 Å². The fraction of sp³-hybridized carbons (Fsp3) is 0.267. The number of rotatable bonds is 4. The lowest BCUT2D eigenvalue weighted by Crippen LogP contribution is -2.16. The molecule has 1 heterocycles. The summed E-state index contributed by atoms with van der Waals surface area (Å²) in [6.45, 7) is 0. The molecular formula is C15H13F3N4O. The number of alkyl halides is 3. The summed E-state index contributed by atoms with van der Waals surface area (Å²) >= 11 is 0. The highest BCUT2D eigenvalue weighted by molar-refractivity contribution is 6.03. The van der Waals surface area contributed by atoms with Crippen LogP contribution in [0.5, 0.6) is 0 Å². The highest BCUT2D eigenvalue weighted by Crippen LogP contribution is 2.30. The van der Waals surface area contributed by atoms with E-state index >= 15 is 0 Å². The Morgan fingerprint density at radius 3 is 2.70 bits per heavy atom. The van der Waals surface area contributed by atoms with Crippen molar-refractivity contribution in [3.63, 3.8) is 0 Å². The number of anilines is 2. The maximum Gasteiger partial charge on any atom is 0.416 e. The molecule has 0 atom stereocenters. The first-order chi connectivity index (χ1) is 10.9. The molecule has 1 saturated carbocycles. The average Bonchev–Trinajstić information content (AvgIpc) is 3.31. The van der Waals surface area contributed by atoms with Crippen LogP contribution in [-0.2, 0) is 6.18 Å². The molecule has 0 unspecified atom stereocenters. The molecule has 1 fully saturated rings. The van der Waals surface area contributed by atoms with Gasteiger partial charge in [-0.15, -0.1) is 0 Å². The van der Waals surface area contributed by atoms with E-state index in [2.05, 4.69) is 20.6 Å². The summed E-state index contributed by atoms with van der Waals surface area (Å²) in [7, 11) is 0. The lowest BCUT2D eigenvalue weighted by molar-refractivity contribution is -0.137. The van der Waals surface area contributed by atoms with Crippen LogP contribution in [0.3, 0.4) is 0 Å². The Labute approximate surface area is 130 Å². The van der Waals surface area contributed by atoms with Crippen molar-refractivity contribution in [1.82, 2.24) is 9.97 Å². The Morgan fingerprint density at radius 2 is 2.00 bits per heavy atom. The van der Waals surface area contributed by atoms with Gasteiger partial charge in [0.15, 0.2) is 0 Å². The van der Waals surface area contributed by atoms with Gasteiger partial charge in [-0.2, -0.15) is 13.2 Å². The number of carbonyl (C=O) groups is 1. The molecule has 2 N–H and O–H groups in total. The standard InChI is InChI=1S/C15H13F3N4O/c16-15(17,18)9-2-1-3-11(8-9)20-13(23)12-6-7-19-14(22-12)21-10-4-5-10/h1-3,6-8,10H,4-5H2,(H,20,23)(H,19,21,22). The van der Waals surface area contributed by atoms with Crippen molar-refractivity contribution >= 4 is 17.5 Å². The second-order valence-electron chi connectivity index (χ2n) is 5.22. The number of carbonyl (C=O) groups excluding carboxylic acids is 1. The van der Waals surface area contributed by atoms with Crippen molar-refractivity contribution in [2.24, 2.45) is 0 Å². The Bertz CT molecular complexity index is 729. The predicted molar refractivity (Wildman–Crippen MR) is 78.1 cm³/mol. The molecule has 0 saturated heterocycles. The zero-order valence-corrected chi connectivity index (χ0v) is 11.9. The minimum Gasteiger partial charge on any atom is -0.351 e. The van der Waals surface area contributed by atoms with Crippen LogP contribution in [0.1, 0.15) is 28.9 Å². The summed E-state index contributed by atoms with van der Waals surface area (Å²) in [5.41, 5.74) is -0.685. The van der Waals surface area contributed by atoms with Gasteiger partial charge >= 0.3 is 6.18 Å². The van der Waals surface area contributed by atoms with Crippen LogP contribution in [0.4, 0.5) is 24.8 Å². The van der Waals surface area contributed by atoms with Crippen molar-refractivity contribution in [3.8, 4) is 0 Å². The van der Waals surface area contributed by atoms with E-state index in [4.69, 9.17) is 0 Å².